The third-order valence-corrected chi connectivity index (χ3v) is 3.76. The molecule has 1 aromatic heterocycles. The normalized spacial score (nSPS) is 10.5. The summed E-state index contributed by atoms with van der Waals surface area (Å²) in [5, 5.41) is 14.5. The molecule has 0 aliphatic heterocycles. The van der Waals surface area contributed by atoms with Crippen LogP contribution in [-0.2, 0) is 0 Å². The number of halogens is 1. The number of fused-ring (bicyclic) bond motifs is 1. The van der Waals surface area contributed by atoms with E-state index >= 15 is 0 Å². The molecule has 3 aromatic rings. The highest BCUT2D eigenvalue weighted by atomic mass is 35.5. The molecule has 0 spiro atoms. The van der Waals surface area contributed by atoms with E-state index in [1.165, 1.54) is 36.5 Å². The van der Waals surface area contributed by atoms with Gasteiger partial charge in [0.1, 0.15) is 0 Å². The van der Waals surface area contributed by atoms with Crippen molar-refractivity contribution in [2.75, 3.05) is 5.32 Å². The molecule has 2 N–H and O–H groups in total. The standard InChI is InChI=1S/C16H10ClN3O4/c17-13-8-12-10(5-6-18-16(12)22)7-14(13)19-15(21)9-1-3-11(4-2-9)20(23)24/h1-8H,(H,18,22)(H,19,21). The van der Waals surface area contributed by atoms with Gasteiger partial charge in [-0.15, -0.1) is 0 Å². The molecule has 0 radical (unpaired) electrons. The molecule has 2 aromatic carbocycles. The first-order valence-corrected chi connectivity index (χ1v) is 7.20. The Hall–Kier alpha value is -3.19. The average Bonchev–Trinajstić information content (AvgIpc) is 2.56. The Morgan fingerprint density at radius 3 is 2.54 bits per heavy atom. The molecular formula is C16H10ClN3O4. The lowest BCUT2D eigenvalue weighted by molar-refractivity contribution is -0.384. The van der Waals surface area contributed by atoms with E-state index < -0.39 is 10.8 Å². The first-order valence-electron chi connectivity index (χ1n) is 6.82. The fourth-order valence-corrected chi connectivity index (χ4v) is 2.45. The molecule has 0 aliphatic rings. The van der Waals surface area contributed by atoms with Gasteiger partial charge >= 0.3 is 0 Å². The van der Waals surface area contributed by atoms with Crippen molar-refractivity contribution >= 4 is 39.7 Å². The van der Waals surface area contributed by atoms with Gasteiger partial charge in [-0.05, 0) is 35.7 Å². The molecule has 0 saturated carbocycles. The maximum absolute atomic E-state index is 12.2. The molecule has 3 rings (SSSR count). The van der Waals surface area contributed by atoms with Gasteiger partial charge in [0.25, 0.3) is 17.2 Å². The number of rotatable bonds is 3. The fourth-order valence-electron chi connectivity index (χ4n) is 2.23. The zero-order valence-electron chi connectivity index (χ0n) is 12.1. The average molecular weight is 344 g/mol. The van der Waals surface area contributed by atoms with Gasteiger partial charge in [0.2, 0.25) is 0 Å². The lowest BCUT2D eigenvalue weighted by Gasteiger charge is -2.08. The largest absolute Gasteiger partial charge is 0.329 e. The number of nitro groups is 1. The lowest BCUT2D eigenvalue weighted by atomic mass is 10.1. The van der Waals surface area contributed by atoms with Crippen LogP contribution >= 0.6 is 11.6 Å². The second-order valence-electron chi connectivity index (χ2n) is 4.98. The van der Waals surface area contributed by atoms with Crippen LogP contribution in [0, 0.1) is 10.1 Å². The SMILES string of the molecule is O=C(Nc1cc2cc[nH]c(=O)c2cc1Cl)c1ccc([N+](=O)[O-])cc1. The monoisotopic (exact) mass is 343 g/mol. The molecule has 7 nitrogen and oxygen atoms in total. The van der Waals surface area contributed by atoms with Crippen LogP contribution in [0.3, 0.4) is 0 Å². The van der Waals surface area contributed by atoms with Gasteiger partial charge in [0.05, 0.1) is 15.6 Å². The Bertz CT molecular complexity index is 1010. The van der Waals surface area contributed by atoms with Crippen LogP contribution in [0.5, 0.6) is 0 Å². The van der Waals surface area contributed by atoms with E-state index in [1.807, 2.05) is 0 Å². The van der Waals surface area contributed by atoms with Crippen molar-refractivity contribution in [3.63, 3.8) is 0 Å². The molecule has 0 aliphatic carbocycles. The number of non-ortho nitro benzene ring substituents is 1. The molecule has 0 fully saturated rings. The van der Waals surface area contributed by atoms with Gasteiger partial charge in [0.15, 0.2) is 0 Å². The number of hydrogen-bond acceptors (Lipinski definition) is 4. The van der Waals surface area contributed by atoms with Crippen molar-refractivity contribution in [2.24, 2.45) is 0 Å². The van der Waals surface area contributed by atoms with Crippen molar-refractivity contribution in [2.45, 2.75) is 0 Å². The van der Waals surface area contributed by atoms with E-state index in [0.717, 1.165) is 0 Å². The van der Waals surface area contributed by atoms with E-state index in [0.29, 0.717) is 16.5 Å². The molecule has 8 heteroatoms. The molecule has 120 valence electrons. The first kappa shape index (κ1) is 15.7. The quantitative estimate of drug-likeness (QED) is 0.562. The number of carbonyl (C=O) groups is 1. The van der Waals surface area contributed by atoms with Gasteiger partial charge < -0.3 is 10.3 Å². The summed E-state index contributed by atoms with van der Waals surface area (Å²) in [6.45, 7) is 0. The number of nitrogens with zero attached hydrogens (tertiary/aromatic N) is 1. The summed E-state index contributed by atoms with van der Waals surface area (Å²) in [7, 11) is 0. The first-order chi connectivity index (χ1) is 11.5. The maximum atomic E-state index is 12.2. The zero-order chi connectivity index (χ0) is 17.3. The number of aromatic amines is 1. The van der Waals surface area contributed by atoms with Crippen molar-refractivity contribution in [1.29, 1.82) is 0 Å². The highest BCUT2D eigenvalue weighted by Gasteiger charge is 2.12. The predicted octanol–water partition coefficient (Wildman–Crippen LogP) is 3.34. The Morgan fingerprint density at radius 2 is 1.88 bits per heavy atom. The number of hydrogen-bond donors (Lipinski definition) is 2. The minimum absolute atomic E-state index is 0.102. The van der Waals surface area contributed by atoms with E-state index in [1.54, 1.807) is 12.1 Å². The molecule has 0 unspecified atom stereocenters. The number of aromatic nitrogens is 1. The van der Waals surface area contributed by atoms with Crippen LogP contribution in [0.4, 0.5) is 11.4 Å². The Kier molecular flexibility index (Phi) is 4.01. The molecule has 0 saturated heterocycles. The van der Waals surface area contributed by atoms with Gasteiger partial charge in [-0.2, -0.15) is 0 Å². The number of carbonyl (C=O) groups excluding carboxylic acids is 1. The van der Waals surface area contributed by atoms with Gasteiger partial charge in [-0.1, -0.05) is 11.6 Å². The van der Waals surface area contributed by atoms with E-state index in [2.05, 4.69) is 10.3 Å². The van der Waals surface area contributed by atoms with Crippen LogP contribution in [0.25, 0.3) is 10.8 Å². The third kappa shape index (κ3) is 2.97. The number of nitrogens with one attached hydrogen (secondary N) is 2. The van der Waals surface area contributed by atoms with Crippen LogP contribution in [0.2, 0.25) is 5.02 Å². The summed E-state index contributed by atoms with van der Waals surface area (Å²) in [4.78, 5) is 36.6. The van der Waals surface area contributed by atoms with Gasteiger partial charge in [-0.3, -0.25) is 19.7 Å². The second-order valence-corrected chi connectivity index (χ2v) is 5.39. The van der Waals surface area contributed by atoms with Crippen LogP contribution in [0.15, 0.2) is 53.5 Å². The highest BCUT2D eigenvalue weighted by Crippen LogP contribution is 2.27. The summed E-state index contributed by atoms with van der Waals surface area (Å²) >= 11 is 6.12. The summed E-state index contributed by atoms with van der Waals surface area (Å²) in [6, 6.07) is 9.96. The number of H-pyrrole nitrogens is 1. The fraction of sp³-hybridized carbons (Fsp3) is 0. The smallest absolute Gasteiger partial charge is 0.269 e. The number of nitro benzene ring substituents is 1. The number of anilines is 1. The lowest BCUT2D eigenvalue weighted by Crippen LogP contribution is -2.13. The summed E-state index contributed by atoms with van der Waals surface area (Å²) < 4.78 is 0. The van der Waals surface area contributed by atoms with Crippen LogP contribution in [0.1, 0.15) is 10.4 Å². The van der Waals surface area contributed by atoms with Crippen LogP contribution in [-0.4, -0.2) is 15.8 Å². The molecular weight excluding hydrogens is 334 g/mol. The van der Waals surface area contributed by atoms with E-state index in [4.69, 9.17) is 11.6 Å². The van der Waals surface area contributed by atoms with E-state index in [-0.39, 0.29) is 21.8 Å². The molecule has 0 bridgehead atoms. The number of pyridine rings is 1. The maximum Gasteiger partial charge on any atom is 0.269 e. The second kappa shape index (κ2) is 6.13. The van der Waals surface area contributed by atoms with Crippen molar-refractivity contribution in [3.05, 3.63) is 79.7 Å². The third-order valence-electron chi connectivity index (χ3n) is 3.45. The van der Waals surface area contributed by atoms with E-state index in [9.17, 15) is 19.7 Å². The van der Waals surface area contributed by atoms with Gasteiger partial charge in [-0.25, -0.2) is 0 Å². The van der Waals surface area contributed by atoms with Crippen LogP contribution < -0.4 is 10.9 Å². The predicted molar refractivity (Wildman–Crippen MR) is 90.6 cm³/mol. The van der Waals surface area contributed by atoms with Crippen molar-refractivity contribution < 1.29 is 9.72 Å². The minimum atomic E-state index is -0.542. The summed E-state index contributed by atoms with van der Waals surface area (Å²) in [6.07, 6.45) is 1.50. The molecule has 1 heterocycles. The minimum Gasteiger partial charge on any atom is -0.329 e. The summed E-state index contributed by atoms with van der Waals surface area (Å²) in [5.41, 5.74) is 0.220. The number of benzene rings is 2. The molecule has 0 atom stereocenters. The highest BCUT2D eigenvalue weighted by molar-refractivity contribution is 6.34. The number of amides is 1. The van der Waals surface area contributed by atoms with Crippen molar-refractivity contribution in [3.8, 4) is 0 Å². The van der Waals surface area contributed by atoms with Crippen molar-refractivity contribution in [1.82, 2.24) is 4.98 Å². The Balaban J connectivity index is 1.91. The summed E-state index contributed by atoms with van der Waals surface area (Å²) in [5.74, 6) is -0.462. The topological polar surface area (TPSA) is 105 Å². The molecule has 24 heavy (non-hydrogen) atoms. The Morgan fingerprint density at radius 1 is 1.17 bits per heavy atom. The van der Waals surface area contributed by atoms with Gasteiger partial charge in [0, 0.05) is 29.3 Å². The molecule has 1 amide bonds. The Labute approximate surface area is 140 Å². The zero-order valence-corrected chi connectivity index (χ0v) is 12.8.